The van der Waals surface area contributed by atoms with E-state index in [0.717, 1.165) is 42.7 Å². The van der Waals surface area contributed by atoms with Crippen LogP contribution in [0.15, 0.2) is 30.5 Å². The largest absolute Gasteiger partial charge is 0.379 e. The molecule has 2 amide bonds. The molecule has 2 aromatic rings. The van der Waals surface area contributed by atoms with Gasteiger partial charge in [0.2, 0.25) is 0 Å². The zero-order valence-corrected chi connectivity index (χ0v) is 32.9. The number of ether oxygens (including phenoxy) is 8. The lowest BCUT2D eigenvalue weighted by molar-refractivity contribution is -0.119. The molecule has 1 aromatic heterocycles. The van der Waals surface area contributed by atoms with Crippen molar-refractivity contribution in [1.82, 2.24) is 25.6 Å². The summed E-state index contributed by atoms with van der Waals surface area (Å²) in [5.41, 5.74) is 1.76. The molecular formula is C37H58ClN5O10S. The van der Waals surface area contributed by atoms with Crippen LogP contribution in [0.25, 0.3) is 11.3 Å². The maximum atomic E-state index is 12.2. The molecule has 2 N–H and O–H groups in total. The van der Waals surface area contributed by atoms with Crippen molar-refractivity contribution in [2.45, 2.75) is 62.4 Å². The highest BCUT2D eigenvalue weighted by molar-refractivity contribution is 8.00. The summed E-state index contributed by atoms with van der Waals surface area (Å²) in [6.07, 6.45) is 6.74. The van der Waals surface area contributed by atoms with Gasteiger partial charge in [0.15, 0.2) is 0 Å². The molecule has 3 heterocycles. The molecule has 0 unspecified atom stereocenters. The van der Waals surface area contributed by atoms with Gasteiger partial charge >= 0.3 is 6.03 Å². The van der Waals surface area contributed by atoms with Crippen LogP contribution in [-0.2, 0) is 49.2 Å². The van der Waals surface area contributed by atoms with Crippen molar-refractivity contribution in [3.8, 4) is 11.3 Å². The van der Waals surface area contributed by atoms with Crippen LogP contribution in [0.1, 0.15) is 38.5 Å². The fraction of sp³-hybridized carbons (Fsp3) is 0.730. The topological polar surface area (TPSA) is 163 Å². The van der Waals surface area contributed by atoms with Gasteiger partial charge in [-0.15, -0.1) is 5.10 Å². The smallest absolute Gasteiger partial charge is 0.315 e. The van der Waals surface area contributed by atoms with Crippen molar-refractivity contribution in [3.63, 3.8) is 0 Å². The molecule has 2 aliphatic rings. The molecule has 54 heavy (non-hydrogen) atoms. The minimum Gasteiger partial charge on any atom is -0.379 e. The lowest BCUT2D eigenvalue weighted by atomic mass is 10.0. The molecule has 0 saturated carbocycles. The number of unbranched alkanes of at least 4 members (excludes halogenated alkanes) is 1. The number of nitrogens with zero attached hydrogens (tertiary/aromatic N) is 3. The first-order chi connectivity index (χ1) is 26.6. The second-order valence-electron chi connectivity index (χ2n) is 12.8. The summed E-state index contributed by atoms with van der Waals surface area (Å²) in [4.78, 5) is 23.6. The Labute approximate surface area is 328 Å². The normalized spacial score (nSPS) is 17.9. The third-order valence-corrected chi connectivity index (χ3v) is 10.4. The van der Waals surface area contributed by atoms with Gasteiger partial charge in [-0.05, 0) is 31.4 Å². The van der Waals surface area contributed by atoms with Crippen LogP contribution < -0.4 is 10.6 Å². The van der Waals surface area contributed by atoms with E-state index in [0.29, 0.717) is 141 Å². The summed E-state index contributed by atoms with van der Waals surface area (Å²) >= 11 is 7.85. The number of ketones is 1. The number of aromatic nitrogens is 3. The Morgan fingerprint density at radius 3 is 1.80 bits per heavy atom. The monoisotopic (exact) mass is 799 g/mol. The molecule has 3 atom stereocenters. The Morgan fingerprint density at radius 1 is 0.704 bits per heavy atom. The Balaban J connectivity index is 0.777. The second-order valence-corrected chi connectivity index (χ2v) is 14.5. The maximum Gasteiger partial charge on any atom is 0.315 e. The Bertz CT molecular complexity index is 1300. The third-order valence-electron chi connectivity index (χ3n) is 8.62. The van der Waals surface area contributed by atoms with E-state index in [2.05, 4.69) is 20.9 Å². The molecule has 2 saturated heterocycles. The molecule has 2 fully saturated rings. The number of fused-ring (bicyclic) bond motifs is 1. The number of amides is 2. The second kappa shape index (κ2) is 28.1. The highest BCUT2D eigenvalue weighted by atomic mass is 35.5. The minimum absolute atomic E-state index is 0.0509. The minimum atomic E-state index is -0.0509. The van der Waals surface area contributed by atoms with Crippen molar-refractivity contribution >= 4 is 35.2 Å². The van der Waals surface area contributed by atoms with Gasteiger partial charge in [-0.2, -0.15) is 11.8 Å². The summed E-state index contributed by atoms with van der Waals surface area (Å²) in [6.45, 7) is 8.60. The molecule has 15 nitrogen and oxygen atoms in total. The van der Waals surface area contributed by atoms with Crippen LogP contribution in [-0.4, -0.2) is 156 Å². The zero-order valence-electron chi connectivity index (χ0n) is 31.3. The molecule has 2 aliphatic heterocycles. The van der Waals surface area contributed by atoms with E-state index in [1.54, 1.807) is 4.68 Å². The number of Topliss-reactive ketones (excluding diaryl/α,β-unsaturated/α-hetero) is 1. The predicted molar refractivity (Wildman–Crippen MR) is 205 cm³/mol. The van der Waals surface area contributed by atoms with Crippen LogP contribution in [0, 0.1) is 0 Å². The number of urea groups is 1. The Morgan fingerprint density at radius 2 is 1.22 bits per heavy atom. The first-order valence-corrected chi connectivity index (χ1v) is 20.5. The van der Waals surface area contributed by atoms with Crippen LogP contribution >= 0.6 is 23.4 Å². The van der Waals surface area contributed by atoms with Crippen molar-refractivity contribution in [2.75, 3.05) is 111 Å². The number of nitrogens with one attached hydrogen (secondary N) is 2. The van der Waals surface area contributed by atoms with E-state index in [4.69, 9.17) is 49.5 Å². The third kappa shape index (κ3) is 19.0. The number of halogens is 1. The van der Waals surface area contributed by atoms with Gasteiger partial charge < -0.3 is 48.5 Å². The van der Waals surface area contributed by atoms with Gasteiger partial charge in [-0.25, -0.2) is 9.48 Å². The zero-order chi connectivity index (χ0) is 37.9. The van der Waals surface area contributed by atoms with Gasteiger partial charge in [0, 0.05) is 41.0 Å². The highest BCUT2D eigenvalue weighted by Gasteiger charge is 2.42. The number of hydrogen-bond acceptors (Lipinski definition) is 13. The molecule has 0 spiro atoms. The van der Waals surface area contributed by atoms with E-state index in [9.17, 15) is 9.59 Å². The van der Waals surface area contributed by atoms with Gasteiger partial charge in [0.25, 0.3) is 0 Å². The highest BCUT2D eigenvalue weighted by Crippen LogP contribution is 2.33. The summed E-state index contributed by atoms with van der Waals surface area (Å²) < 4.78 is 46.0. The molecular weight excluding hydrogens is 742 g/mol. The number of carbonyl (C=O) groups is 2. The summed E-state index contributed by atoms with van der Waals surface area (Å²) in [5.74, 6) is 1.26. The van der Waals surface area contributed by atoms with Crippen molar-refractivity contribution in [1.29, 1.82) is 0 Å². The summed E-state index contributed by atoms with van der Waals surface area (Å²) in [7, 11) is 0. The standard InChI is InChI=1S/C37H58ClN5O10S/c38-31-9-7-30(8-10-31)33-28-43(42-41-33)11-13-47-15-17-49-19-21-51-23-25-53-27-26-52-24-22-50-20-18-48-16-14-46-12-3-5-32(44)4-1-2-6-35-36-34(29-54-35)39-37(45)40-36/h7-10,28,34-36H,1-6,11-27,29H2,(H2,39,40,45)/t34-,35-,36-/m0/s1. The number of rotatable bonds is 34. The van der Waals surface area contributed by atoms with Gasteiger partial charge in [0.05, 0.1) is 124 Å². The van der Waals surface area contributed by atoms with Crippen LogP contribution in [0.2, 0.25) is 5.02 Å². The molecule has 1 aromatic carbocycles. The van der Waals surface area contributed by atoms with Gasteiger partial charge in [-0.3, -0.25) is 4.79 Å². The van der Waals surface area contributed by atoms with E-state index < -0.39 is 0 Å². The Hall–Kier alpha value is -2.38. The summed E-state index contributed by atoms with van der Waals surface area (Å²) in [6, 6.07) is 7.93. The molecule has 4 rings (SSSR count). The van der Waals surface area contributed by atoms with Crippen LogP contribution in [0.5, 0.6) is 0 Å². The molecule has 304 valence electrons. The Kier molecular flexibility index (Phi) is 23.1. The van der Waals surface area contributed by atoms with E-state index in [1.807, 2.05) is 42.2 Å². The average molecular weight is 800 g/mol. The fourth-order valence-electron chi connectivity index (χ4n) is 5.77. The lowest BCUT2D eigenvalue weighted by Gasteiger charge is -2.16. The van der Waals surface area contributed by atoms with E-state index in [-0.39, 0.29) is 18.1 Å². The van der Waals surface area contributed by atoms with Crippen molar-refractivity contribution in [3.05, 3.63) is 35.5 Å². The average Bonchev–Trinajstić information content (AvgIpc) is 3.90. The first-order valence-electron chi connectivity index (χ1n) is 19.1. The maximum absolute atomic E-state index is 12.2. The molecule has 0 radical (unpaired) electrons. The van der Waals surface area contributed by atoms with Gasteiger partial charge in [0.1, 0.15) is 11.5 Å². The SMILES string of the molecule is O=C(CCCC[C@@H]1SC[C@@H]2NC(=O)N[C@@H]21)CCCOCCOCCOCCOCCOCCOCCOCCOCCn1cc(-c2ccc(Cl)cc2)nn1. The van der Waals surface area contributed by atoms with Crippen molar-refractivity contribution < 1.29 is 47.5 Å². The number of benzene rings is 1. The molecule has 17 heteroatoms. The van der Waals surface area contributed by atoms with Crippen molar-refractivity contribution in [2.24, 2.45) is 0 Å². The van der Waals surface area contributed by atoms with E-state index >= 15 is 0 Å². The van der Waals surface area contributed by atoms with Crippen LogP contribution in [0.4, 0.5) is 4.79 Å². The number of thioether (sulfide) groups is 1. The number of carbonyl (C=O) groups excluding carboxylic acids is 2. The van der Waals surface area contributed by atoms with Crippen LogP contribution in [0.3, 0.4) is 0 Å². The number of hydrogen-bond donors (Lipinski definition) is 2. The first kappa shape index (κ1) is 44.3. The summed E-state index contributed by atoms with van der Waals surface area (Å²) in [5, 5.41) is 15.4. The molecule has 0 aliphatic carbocycles. The fourth-order valence-corrected chi connectivity index (χ4v) is 7.44. The molecule has 0 bridgehead atoms. The predicted octanol–water partition coefficient (Wildman–Crippen LogP) is 3.81. The quantitative estimate of drug-likeness (QED) is 0.0778. The van der Waals surface area contributed by atoms with Gasteiger partial charge in [-0.1, -0.05) is 35.4 Å². The lowest BCUT2D eigenvalue weighted by Crippen LogP contribution is -2.36. The van der Waals surface area contributed by atoms with E-state index in [1.165, 1.54) is 0 Å².